The van der Waals surface area contributed by atoms with Gasteiger partial charge in [-0.3, -0.25) is 4.79 Å². The Morgan fingerprint density at radius 1 is 0.947 bits per heavy atom. The fraction of sp³-hybridized carbons (Fsp3) is 0.941. The van der Waals surface area contributed by atoms with E-state index in [4.69, 9.17) is 4.74 Å². The highest BCUT2D eigenvalue weighted by atomic mass is 16.5. The van der Waals surface area contributed by atoms with Crippen LogP contribution in [0.1, 0.15) is 57.8 Å². The summed E-state index contributed by atoms with van der Waals surface area (Å²) in [4.78, 5) is 12.6. The van der Waals surface area contributed by atoms with Crippen molar-refractivity contribution >= 4 is 5.78 Å². The molecule has 4 bridgehead atoms. The van der Waals surface area contributed by atoms with Crippen LogP contribution < -0.4 is 0 Å². The first-order valence-corrected chi connectivity index (χ1v) is 8.33. The Morgan fingerprint density at radius 2 is 1.47 bits per heavy atom. The number of ketones is 1. The Bertz CT molecular complexity index is 332. The van der Waals surface area contributed by atoms with E-state index in [1.54, 1.807) is 0 Å². The van der Waals surface area contributed by atoms with Gasteiger partial charge >= 0.3 is 0 Å². The summed E-state index contributed by atoms with van der Waals surface area (Å²) in [6, 6.07) is 0. The number of rotatable bonds is 3. The molecule has 19 heavy (non-hydrogen) atoms. The van der Waals surface area contributed by atoms with Gasteiger partial charge in [-0.25, -0.2) is 0 Å². The lowest BCUT2D eigenvalue weighted by atomic mass is 9.48. The van der Waals surface area contributed by atoms with E-state index >= 15 is 0 Å². The Labute approximate surface area is 116 Å². The van der Waals surface area contributed by atoms with Crippen molar-refractivity contribution < 1.29 is 9.53 Å². The first kappa shape index (κ1) is 12.4. The van der Waals surface area contributed by atoms with Crippen molar-refractivity contribution in [1.29, 1.82) is 0 Å². The van der Waals surface area contributed by atoms with Crippen molar-refractivity contribution in [2.24, 2.45) is 29.1 Å². The third-order valence-electron chi connectivity index (χ3n) is 6.39. The molecule has 2 heteroatoms. The maximum absolute atomic E-state index is 12.6. The summed E-state index contributed by atoms with van der Waals surface area (Å²) in [5, 5.41) is 0. The Kier molecular flexibility index (Phi) is 2.98. The van der Waals surface area contributed by atoms with E-state index in [1.165, 1.54) is 38.5 Å². The van der Waals surface area contributed by atoms with Crippen LogP contribution in [0.5, 0.6) is 0 Å². The van der Waals surface area contributed by atoms with Crippen molar-refractivity contribution in [2.45, 2.75) is 57.8 Å². The second-order valence-corrected chi connectivity index (χ2v) is 7.95. The predicted octanol–water partition coefficient (Wildman–Crippen LogP) is 3.59. The minimum atomic E-state index is 0.321. The first-order valence-electron chi connectivity index (χ1n) is 8.33. The average Bonchev–Trinajstić information content (AvgIpc) is 2.37. The van der Waals surface area contributed by atoms with Crippen LogP contribution in [-0.2, 0) is 9.53 Å². The average molecular weight is 262 g/mol. The molecule has 0 unspecified atom stereocenters. The largest absolute Gasteiger partial charge is 0.381 e. The third-order valence-corrected chi connectivity index (χ3v) is 6.39. The van der Waals surface area contributed by atoms with Gasteiger partial charge < -0.3 is 4.74 Å². The lowest BCUT2D eigenvalue weighted by Crippen LogP contribution is -2.47. The van der Waals surface area contributed by atoms with Gasteiger partial charge in [0.25, 0.3) is 0 Å². The van der Waals surface area contributed by atoms with E-state index < -0.39 is 0 Å². The summed E-state index contributed by atoms with van der Waals surface area (Å²) in [6.45, 7) is 1.61. The minimum absolute atomic E-state index is 0.321. The van der Waals surface area contributed by atoms with Crippen LogP contribution in [0.3, 0.4) is 0 Å². The fourth-order valence-electron chi connectivity index (χ4n) is 6.04. The Balaban J connectivity index is 1.45. The predicted molar refractivity (Wildman–Crippen MR) is 73.8 cm³/mol. The van der Waals surface area contributed by atoms with Crippen LogP contribution >= 0.6 is 0 Å². The van der Waals surface area contributed by atoms with Gasteiger partial charge in [-0.2, -0.15) is 0 Å². The topological polar surface area (TPSA) is 26.3 Å². The van der Waals surface area contributed by atoms with Crippen LogP contribution in [0.15, 0.2) is 0 Å². The number of hydrogen-bond donors (Lipinski definition) is 0. The van der Waals surface area contributed by atoms with Crippen LogP contribution in [0, 0.1) is 29.1 Å². The van der Waals surface area contributed by atoms with Gasteiger partial charge in [-0.15, -0.1) is 0 Å². The van der Waals surface area contributed by atoms with Gasteiger partial charge in [-0.05, 0) is 74.5 Å². The molecule has 4 aliphatic carbocycles. The molecule has 0 aromatic rings. The second-order valence-electron chi connectivity index (χ2n) is 7.95. The lowest BCUT2D eigenvalue weighted by Gasteiger charge is -2.57. The van der Waals surface area contributed by atoms with Crippen LogP contribution in [0.25, 0.3) is 0 Å². The van der Waals surface area contributed by atoms with Crippen molar-refractivity contribution in [1.82, 2.24) is 0 Å². The molecule has 1 saturated heterocycles. The van der Waals surface area contributed by atoms with Crippen LogP contribution in [-0.4, -0.2) is 19.0 Å². The fourth-order valence-corrected chi connectivity index (χ4v) is 6.04. The molecular formula is C17H26O2. The highest BCUT2D eigenvalue weighted by molar-refractivity contribution is 5.81. The Hall–Kier alpha value is -0.370. The molecule has 5 rings (SSSR count). The van der Waals surface area contributed by atoms with E-state index in [2.05, 4.69) is 0 Å². The van der Waals surface area contributed by atoms with Crippen molar-refractivity contribution in [3.8, 4) is 0 Å². The smallest absolute Gasteiger partial charge is 0.136 e. The van der Waals surface area contributed by atoms with Gasteiger partial charge in [-0.1, -0.05) is 0 Å². The SMILES string of the molecule is O=C(CC12CC3CC(CC(C3)C1)C2)C1CCOCC1. The van der Waals surface area contributed by atoms with Crippen molar-refractivity contribution in [3.05, 3.63) is 0 Å². The maximum Gasteiger partial charge on any atom is 0.136 e. The number of hydrogen-bond acceptors (Lipinski definition) is 2. The van der Waals surface area contributed by atoms with E-state index in [9.17, 15) is 4.79 Å². The zero-order chi connectivity index (χ0) is 12.9. The second kappa shape index (κ2) is 4.58. The van der Waals surface area contributed by atoms with Crippen molar-refractivity contribution in [2.75, 3.05) is 13.2 Å². The zero-order valence-corrected chi connectivity index (χ0v) is 11.9. The normalized spacial score (nSPS) is 45.6. The zero-order valence-electron chi connectivity index (χ0n) is 11.9. The molecule has 4 saturated carbocycles. The molecule has 5 aliphatic rings. The van der Waals surface area contributed by atoms with Gasteiger partial charge in [0.2, 0.25) is 0 Å². The number of Topliss-reactive ketones (excluding diaryl/α,β-unsaturated/α-hetero) is 1. The summed E-state index contributed by atoms with van der Waals surface area (Å²) in [6.07, 6.45) is 11.4. The maximum atomic E-state index is 12.6. The van der Waals surface area contributed by atoms with Crippen LogP contribution in [0.2, 0.25) is 0 Å². The number of carbonyl (C=O) groups is 1. The molecule has 1 aliphatic heterocycles. The monoisotopic (exact) mass is 262 g/mol. The van der Waals surface area contributed by atoms with Gasteiger partial charge in [0.15, 0.2) is 0 Å². The molecule has 5 fully saturated rings. The first-order chi connectivity index (χ1) is 9.22. The quantitative estimate of drug-likeness (QED) is 0.777. The standard InChI is InChI=1S/C17H26O2/c18-16(15-1-3-19-4-2-15)11-17-8-12-5-13(9-17)7-14(6-12)10-17/h12-15H,1-11H2. The van der Waals surface area contributed by atoms with Gasteiger partial charge in [0, 0.05) is 25.6 Å². The molecule has 106 valence electrons. The van der Waals surface area contributed by atoms with E-state index in [1.807, 2.05) is 0 Å². The van der Waals surface area contributed by atoms with Crippen molar-refractivity contribution in [3.63, 3.8) is 0 Å². The van der Waals surface area contributed by atoms with Gasteiger partial charge in [0.05, 0.1) is 0 Å². The van der Waals surface area contributed by atoms with E-state index in [0.717, 1.165) is 50.2 Å². The minimum Gasteiger partial charge on any atom is -0.381 e. The molecule has 0 spiro atoms. The van der Waals surface area contributed by atoms with Gasteiger partial charge in [0.1, 0.15) is 5.78 Å². The lowest BCUT2D eigenvalue weighted by molar-refractivity contribution is -0.133. The van der Waals surface area contributed by atoms with E-state index in [0.29, 0.717) is 17.1 Å². The summed E-state index contributed by atoms with van der Waals surface area (Å²) >= 11 is 0. The molecule has 0 aromatic heterocycles. The van der Waals surface area contributed by atoms with Crippen LogP contribution in [0.4, 0.5) is 0 Å². The summed E-state index contributed by atoms with van der Waals surface area (Å²) in [7, 11) is 0. The molecule has 0 atom stereocenters. The molecule has 0 amide bonds. The molecular weight excluding hydrogens is 236 g/mol. The summed E-state index contributed by atoms with van der Waals surface area (Å²) in [5.74, 6) is 3.79. The molecule has 2 nitrogen and oxygen atoms in total. The molecule has 0 N–H and O–H groups in total. The molecule has 0 aromatic carbocycles. The summed E-state index contributed by atoms with van der Waals surface area (Å²) in [5.41, 5.74) is 0.435. The molecule has 0 radical (unpaired) electrons. The highest BCUT2D eigenvalue weighted by Gasteiger charge is 2.51. The Morgan fingerprint density at radius 3 is 2.00 bits per heavy atom. The number of carbonyl (C=O) groups excluding carboxylic acids is 1. The third kappa shape index (κ3) is 2.26. The number of ether oxygens (including phenoxy) is 1. The molecule has 1 heterocycles. The highest BCUT2D eigenvalue weighted by Crippen LogP contribution is 2.61. The summed E-state index contributed by atoms with van der Waals surface area (Å²) < 4.78 is 5.39. The van der Waals surface area contributed by atoms with E-state index in [-0.39, 0.29) is 0 Å².